The molecule has 1 aliphatic heterocycles. The minimum Gasteiger partial charge on any atom is -0.381 e. The van der Waals surface area contributed by atoms with Crippen molar-refractivity contribution in [2.75, 3.05) is 24.2 Å². The summed E-state index contributed by atoms with van der Waals surface area (Å²) in [6.45, 7) is 1.38. The molecule has 0 bridgehead atoms. The van der Waals surface area contributed by atoms with Gasteiger partial charge >= 0.3 is 0 Å². The third-order valence-electron chi connectivity index (χ3n) is 4.51. The van der Waals surface area contributed by atoms with Crippen LogP contribution < -0.4 is 10.0 Å². The molecular formula is C15H19FN2O4S. The van der Waals surface area contributed by atoms with E-state index in [2.05, 4.69) is 10.0 Å². The highest BCUT2D eigenvalue weighted by Gasteiger charge is 2.55. The summed E-state index contributed by atoms with van der Waals surface area (Å²) in [6, 6.07) is 3.44. The number of hydrogen-bond donors (Lipinski definition) is 2. The van der Waals surface area contributed by atoms with E-state index in [1.165, 1.54) is 6.07 Å². The van der Waals surface area contributed by atoms with Gasteiger partial charge in [-0.25, -0.2) is 12.8 Å². The molecule has 1 atom stereocenters. The largest absolute Gasteiger partial charge is 0.381 e. The molecule has 1 aromatic carbocycles. The maximum absolute atomic E-state index is 13.5. The van der Waals surface area contributed by atoms with Gasteiger partial charge in [-0.05, 0) is 42.9 Å². The molecule has 2 aliphatic rings. The van der Waals surface area contributed by atoms with Crippen LogP contribution >= 0.6 is 0 Å². The van der Waals surface area contributed by atoms with Crippen LogP contribution in [0.1, 0.15) is 29.6 Å². The SMILES string of the molecule is CS(=O)(=O)Nc1ccc(F)cc1C(=O)NC1CC12CCOCC2. The van der Waals surface area contributed by atoms with Gasteiger partial charge in [-0.2, -0.15) is 0 Å². The summed E-state index contributed by atoms with van der Waals surface area (Å²) in [5.41, 5.74) is 0.156. The van der Waals surface area contributed by atoms with E-state index in [1.807, 2.05) is 0 Å². The molecule has 6 nitrogen and oxygen atoms in total. The number of carbonyl (C=O) groups is 1. The van der Waals surface area contributed by atoms with E-state index in [4.69, 9.17) is 4.74 Å². The van der Waals surface area contributed by atoms with E-state index in [-0.39, 0.29) is 22.7 Å². The molecule has 2 fully saturated rings. The second-order valence-corrected chi connectivity index (χ2v) is 8.02. The Bertz CT molecular complexity index is 729. The summed E-state index contributed by atoms with van der Waals surface area (Å²) in [7, 11) is -3.55. The number of amides is 1. The second kappa shape index (κ2) is 5.76. The number of carbonyl (C=O) groups excluding carboxylic acids is 1. The van der Waals surface area contributed by atoms with Crippen molar-refractivity contribution in [2.24, 2.45) is 5.41 Å². The average molecular weight is 342 g/mol. The fourth-order valence-corrected chi connectivity index (χ4v) is 3.69. The van der Waals surface area contributed by atoms with Gasteiger partial charge in [0.1, 0.15) is 5.82 Å². The van der Waals surface area contributed by atoms with Crippen LogP contribution in [0.15, 0.2) is 18.2 Å². The van der Waals surface area contributed by atoms with Crippen LogP contribution in [0.5, 0.6) is 0 Å². The molecule has 1 amide bonds. The van der Waals surface area contributed by atoms with Gasteiger partial charge < -0.3 is 10.1 Å². The van der Waals surface area contributed by atoms with Crippen LogP contribution in [0.25, 0.3) is 0 Å². The number of anilines is 1. The third-order valence-corrected chi connectivity index (χ3v) is 5.10. The lowest BCUT2D eigenvalue weighted by Gasteiger charge is -2.23. The van der Waals surface area contributed by atoms with Crippen LogP contribution in [0, 0.1) is 11.2 Å². The average Bonchev–Trinajstić information content (AvgIpc) is 3.11. The zero-order valence-electron chi connectivity index (χ0n) is 12.8. The van der Waals surface area contributed by atoms with Crippen molar-refractivity contribution in [1.82, 2.24) is 5.32 Å². The van der Waals surface area contributed by atoms with Crippen LogP contribution in [-0.2, 0) is 14.8 Å². The molecule has 0 aromatic heterocycles. The normalized spacial score (nSPS) is 22.6. The van der Waals surface area contributed by atoms with Gasteiger partial charge in [-0.15, -0.1) is 0 Å². The minimum absolute atomic E-state index is 0.00969. The second-order valence-electron chi connectivity index (χ2n) is 6.27. The fourth-order valence-electron chi connectivity index (χ4n) is 3.11. The Morgan fingerprint density at radius 2 is 2.04 bits per heavy atom. The standard InChI is InChI=1S/C15H19FN2O4S/c1-23(20,21)18-12-3-2-10(16)8-11(12)14(19)17-13-9-15(13)4-6-22-7-5-15/h2-3,8,13,18H,4-7,9H2,1H3,(H,17,19). The van der Waals surface area contributed by atoms with Crippen LogP contribution in [0.2, 0.25) is 0 Å². The molecule has 2 N–H and O–H groups in total. The monoisotopic (exact) mass is 342 g/mol. The van der Waals surface area contributed by atoms with Crippen molar-refractivity contribution < 1.29 is 22.3 Å². The molecular weight excluding hydrogens is 323 g/mol. The van der Waals surface area contributed by atoms with E-state index in [9.17, 15) is 17.6 Å². The first-order valence-corrected chi connectivity index (χ1v) is 9.34. The Kier molecular flexibility index (Phi) is 4.05. The van der Waals surface area contributed by atoms with Crippen molar-refractivity contribution in [3.8, 4) is 0 Å². The van der Waals surface area contributed by atoms with Gasteiger partial charge in [0.15, 0.2) is 0 Å². The number of ether oxygens (including phenoxy) is 1. The predicted molar refractivity (Wildman–Crippen MR) is 83.2 cm³/mol. The van der Waals surface area contributed by atoms with Gasteiger partial charge in [0.05, 0.1) is 17.5 Å². The van der Waals surface area contributed by atoms with Crippen molar-refractivity contribution in [1.29, 1.82) is 0 Å². The number of hydrogen-bond acceptors (Lipinski definition) is 4. The first kappa shape index (κ1) is 16.2. The number of rotatable bonds is 4. The highest BCUT2D eigenvalue weighted by atomic mass is 32.2. The molecule has 126 valence electrons. The van der Waals surface area contributed by atoms with Crippen LogP contribution in [0.3, 0.4) is 0 Å². The fraction of sp³-hybridized carbons (Fsp3) is 0.533. The van der Waals surface area contributed by atoms with Crippen LogP contribution in [0.4, 0.5) is 10.1 Å². The summed E-state index contributed by atoms with van der Waals surface area (Å²) in [6.07, 6.45) is 3.66. The Hall–Kier alpha value is -1.67. The van der Waals surface area contributed by atoms with Crippen molar-refractivity contribution in [3.63, 3.8) is 0 Å². The smallest absolute Gasteiger partial charge is 0.253 e. The highest BCUT2D eigenvalue weighted by molar-refractivity contribution is 7.92. The van der Waals surface area contributed by atoms with Gasteiger partial charge in [0.2, 0.25) is 10.0 Å². The van der Waals surface area contributed by atoms with Gasteiger partial charge in [0, 0.05) is 19.3 Å². The van der Waals surface area contributed by atoms with Crippen molar-refractivity contribution in [3.05, 3.63) is 29.6 Å². The molecule has 23 heavy (non-hydrogen) atoms. The molecule has 8 heteroatoms. The molecule has 1 saturated heterocycles. The molecule has 1 unspecified atom stereocenters. The Labute approximate surface area is 134 Å². The Morgan fingerprint density at radius 1 is 1.35 bits per heavy atom. The van der Waals surface area contributed by atoms with Crippen molar-refractivity contribution in [2.45, 2.75) is 25.3 Å². The van der Waals surface area contributed by atoms with Gasteiger partial charge in [0.25, 0.3) is 5.91 Å². The molecule has 0 radical (unpaired) electrons. The molecule has 1 spiro atoms. The van der Waals surface area contributed by atoms with E-state index in [0.29, 0.717) is 13.2 Å². The first-order valence-electron chi connectivity index (χ1n) is 7.45. The van der Waals surface area contributed by atoms with Crippen LogP contribution in [-0.4, -0.2) is 39.8 Å². The molecule has 1 saturated carbocycles. The lowest BCUT2D eigenvalue weighted by molar-refractivity contribution is 0.0535. The zero-order chi connectivity index (χ0) is 16.7. The molecule has 1 aromatic rings. The van der Waals surface area contributed by atoms with Crippen molar-refractivity contribution >= 4 is 21.6 Å². The lowest BCUT2D eigenvalue weighted by Crippen LogP contribution is -2.33. The summed E-state index contributed by atoms with van der Waals surface area (Å²) < 4.78 is 43.8. The highest BCUT2D eigenvalue weighted by Crippen LogP contribution is 2.53. The van der Waals surface area contributed by atoms with E-state index < -0.39 is 21.7 Å². The Balaban J connectivity index is 1.76. The number of sulfonamides is 1. The predicted octanol–water partition coefficient (Wildman–Crippen LogP) is 1.50. The van der Waals surface area contributed by atoms with Gasteiger partial charge in [-0.1, -0.05) is 0 Å². The molecule has 1 aliphatic carbocycles. The van der Waals surface area contributed by atoms with E-state index in [0.717, 1.165) is 37.7 Å². The van der Waals surface area contributed by atoms with E-state index in [1.54, 1.807) is 0 Å². The van der Waals surface area contributed by atoms with E-state index >= 15 is 0 Å². The zero-order valence-corrected chi connectivity index (χ0v) is 13.6. The Morgan fingerprint density at radius 3 is 2.70 bits per heavy atom. The number of benzene rings is 1. The lowest BCUT2D eigenvalue weighted by atomic mass is 9.96. The summed E-state index contributed by atoms with van der Waals surface area (Å²) in [5, 5.41) is 2.89. The third kappa shape index (κ3) is 3.64. The maximum Gasteiger partial charge on any atom is 0.253 e. The minimum atomic E-state index is -3.55. The molecule has 3 rings (SSSR count). The number of nitrogens with one attached hydrogen (secondary N) is 2. The number of halogens is 1. The maximum atomic E-state index is 13.5. The molecule has 1 heterocycles. The quantitative estimate of drug-likeness (QED) is 0.868. The summed E-state index contributed by atoms with van der Waals surface area (Å²) in [4.78, 5) is 12.4. The summed E-state index contributed by atoms with van der Waals surface area (Å²) >= 11 is 0. The van der Waals surface area contributed by atoms with Gasteiger partial charge in [-0.3, -0.25) is 9.52 Å². The first-order chi connectivity index (χ1) is 10.8. The topological polar surface area (TPSA) is 84.5 Å². The summed E-state index contributed by atoms with van der Waals surface area (Å²) in [5.74, 6) is -1.06.